The zero-order valence-corrected chi connectivity index (χ0v) is 16.0. The second-order valence-corrected chi connectivity index (χ2v) is 6.65. The van der Waals surface area contributed by atoms with Gasteiger partial charge in [0.1, 0.15) is 11.5 Å². The number of para-hydroxylation sites is 1. The molecule has 1 amide bonds. The summed E-state index contributed by atoms with van der Waals surface area (Å²) in [6.45, 7) is 0.141. The summed E-state index contributed by atoms with van der Waals surface area (Å²) in [4.78, 5) is 14.3. The van der Waals surface area contributed by atoms with Crippen LogP contribution in [0.5, 0.6) is 11.5 Å². The van der Waals surface area contributed by atoms with Crippen LogP contribution in [0.25, 0.3) is 0 Å². The van der Waals surface area contributed by atoms with Crippen LogP contribution < -0.4 is 15.0 Å². The van der Waals surface area contributed by atoms with Crippen molar-refractivity contribution in [3.8, 4) is 11.5 Å². The summed E-state index contributed by atoms with van der Waals surface area (Å²) in [7, 11) is 3.92. The van der Waals surface area contributed by atoms with Gasteiger partial charge in [-0.25, -0.2) is 0 Å². The van der Waals surface area contributed by atoms with Crippen LogP contribution >= 0.6 is 0 Å². The predicted molar refractivity (Wildman–Crippen MR) is 111 cm³/mol. The molecule has 0 aliphatic carbocycles. The lowest BCUT2D eigenvalue weighted by atomic mass is 10.1. The Morgan fingerprint density at radius 2 is 1.54 bits per heavy atom. The third-order valence-corrected chi connectivity index (χ3v) is 4.35. The largest absolute Gasteiger partial charge is 0.457 e. The van der Waals surface area contributed by atoms with E-state index in [1.54, 1.807) is 24.3 Å². The summed E-state index contributed by atoms with van der Waals surface area (Å²) in [6.07, 6.45) is -0.763. The number of anilines is 1. The lowest BCUT2D eigenvalue weighted by Crippen LogP contribution is -2.28. The third kappa shape index (κ3) is 5.11. The standard InChI is InChI=1S/C23H24N2O3/c1-25(2)19-12-8-17(9-13-19)22(26)16-24-23(27)18-10-14-21(15-11-18)28-20-6-4-3-5-7-20/h3-15,22,26H,16H2,1-2H3,(H,24,27). The first kappa shape index (κ1) is 19.5. The number of hydrogen-bond donors (Lipinski definition) is 2. The van der Waals surface area contributed by atoms with E-state index in [0.29, 0.717) is 11.3 Å². The van der Waals surface area contributed by atoms with Gasteiger partial charge in [-0.05, 0) is 54.1 Å². The van der Waals surface area contributed by atoms with Crippen molar-refractivity contribution < 1.29 is 14.6 Å². The number of nitrogens with zero attached hydrogens (tertiary/aromatic N) is 1. The Labute approximate surface area is 165 Å². The Bertz CT molecular complexity index is 891. The van der Waals surface area contributed by atoms with E-state index in [-0.39, 0.29) is 12.5 Å². The SMILES string of the molecule is CN(C)c1ccc(C(O)CNC(=O)c2ccc(Oc3ccccc3)cc2)cc1. The van der Waals surface area contributed by atoms with Gasteiger partial charge in [0.25, 0.3) is 5.91 Å². The number of amides is 1. The van der Waals surface area contributed by atoms with Crippen molar-refractivity contribution >= 4 is 11.6 Å². The van der Waals surface area contributed by atoms with Crippen molar-refractivity contribution in [2.24, 2.45) is 0 Å². The van der Waals surface area contributed by atoms with Crippen molar-refractivity contribution in [2.45, 2.75) is 6.10 Å². The molecule has 5 nitrogen and oxygen atoms in total. The van der Waals surface area contributed by atoms with Gasteiger partial charge in [0, 0.05) is 31.9 Å². The highest BCUT2D eigenvalue weighted by molar-refractivity contribution is 5.94. The van der Waals surface area contributed by atoms with E-state index in [1.807, 2.05) is 73.6 Å². The maximum absolute atomic E-state index is 12.3. The van der Waals surface area contributed by atoms with Crippen LogP contribution in [0.1, 0.15) is 22.0 Å². The molecular formula is C23H24N2O3. The van der Waals surface area contributed by atoms with Crippen molar-refractivity contribution in [3.63, 3.8) is 0 Å². The Kier molecular flexibility index (Phi) is 6.29. The van der Waals surface area contributed by atoms with Crippen molar-refractivity contribution in [1.82, 2.24) is 5.32 Å². The minimum absolute atomic E-state index is 0.141. The van der Waals surface area contributed by atoms with Gasteiger partial charge in [0.15, 0.2) is 0 Å². The van der Waals surface area contributed by atoms with E-state index < -0.39 is 6.10 Å². The molecule has 3 rings (SSSR count). The average molecular weight is 376 g/mol. The number of aliphatic hydroxyl groups is 1. The van der Waals surface area contributed by atoms with Crippen molar-refractivity contribution in [3.05, 3.63) is 90.0 Å². The number of carbonyl (C=O) groups is 1. The highest BCUT2D eigenvalue weighted by atomic mass is 16.5. The quantitative estimate of drug-likeness (QED) is 0.654. The summed E-state index contributed by atoms with van der Waals surface area (Å²) in [6, 6.07) is 24.0. The number of nitrogens with one attached hydrogen (secondary N) is 1. The molecule has 3 aromatic rings. The number of benzene rings is 3. The molecular weight excluding hydrogens is 352 g/mol. The van der Waals surface area contributed by atoms with Crippen LogP contribution in [0.4, 0.5) is 5.69 Å². The summed E-state index contributed by atoms with van der Waals surface area (Å²) in [5.41, 5.74) is 2.32. The maximum Gasteiger partial charge on any atom is 0.251 e. The number of hydrogen-bond acceptors (Lipinski definition) is 4. The Morgan fingerprint density at radius 1 is 0.929 bits per heavy atom. The third-order valence-electron chi connectivity index (χ3n) is 4.35. The summed E-state index contributed by atoms with van der Waals surface area (Å²) in [5.74, 6) is 1.15. The molecule has 0 fully saturated rings. The lowest BCUT2D eigenvalue weighted by Gasteiger charge is -2.16. The van der Waals surface area contributed by atoms with E-state index in [2.05, 4.69) is 5.32 Å². The van der Waals surface area contributed by atoms with E-state index in [1.165, 1.54) is 0 Å². The zero-order chi connectivity index (χ0) is 19.9. The molecule has 0 saturated heterocycles. The molecule has 0 heterocycles. The van der Waals surface area contributed by atoms with Gasteiger partial charge in [-0.1, -0.05) is 30.3 Å². The highest BCUT2D eigenvalue weighted by Gasteiger charge is 2.11. The first-order valence-electron chi connectivity index (χ1n) is 9.09. The second-order valence-electron chi connectivity index (χ2n) is 6.65. The Balaban J connectivity index is 1.54. The average Bonchev–Trinajstić information content (AvgIpc) is 2.73. The molecule has 0 aliphatic rings. The zero-order valence-electron chi connectivity index (χ0n) is 16.0. The summed E-state index contributed by atoms with van der Waals surface area (Å²) in [5, 5.41) is 13.1. The van der Waals surface area contributed by atoms with Gasteiger partial charge in [0.2, 0.25) is 0 Å². The lowest BCUT2D eigenvalue weighted by molar-refractivity contribution is 0.0916. The van der Waals surface area contributed by atoms with E-state index in [9.17, 15) is 9.90 Å². The van der Waals surface area contributed by atoms with Crippen molar-refractivity contribution in [1.29, 1.82) is 0 Å². The minimum atomic E-state index is -0.763. The molecule has 0 aromatic heterocycles. The molecule has 0 radical (unpaired) electrons. The monoisotopic (exact) mass is 376 g/mol. The van der Waals surface area contributed by atoms with Crippen LogP contribution in [0, 0.1) is 0 Å². The van der Waals surface area contributed by atoms with Crippen LogP contribution in [0.3, 0.4) is 0 Å². The van der Waals surface area contributed by atoms with Crippen LogP contribution in [-0.4, -0.2) is 31.7 Å². The minimum Gasteiger partial charge on any atom is -0.457 e. The van der Waals surface area contributed by atoms with Crippen LogP contribution in [-0.2, 0) is 0 Å². The molecule has 1 atom stereocenters. The van der Waals surface area contributed by atoms with Crippen LogP contribution in [0.2, 0.25) is 0 Å². The molecule has 0 spiro atoms. The molecule has 3 aromatic carbocycles. The molecule has 2 N–H and O–H groups in total. The van der Waals surface area contributed by atoms with E-state index >= 15 is 0 Å². The predicted octanol–water partition coefficient (Wildman–Crippen LogP) is 4.01. The molecule has 5 heteroatoms. The molecule has 28 heavy (non-hydrogen) atoms. The Hall–Kier alpha value is -3.31. The summed E-state index contributed by atoms with van der Waals surface area (Å²) < 4.78 is 5.72. The smallest absolute Gasteiger partial charge is 0.251 e. The Morgan fingerprint density at radius 3 is 2.14 bits per heavy atom. The summed E-state index contributed by atoms with van der Waals surface area (Å²) >= 11 is 0. The van der Waals surface area contributed by atoms with E-state index in [4.69, 9.17) is 4.74 Å². The second kappa shape index (κ2) is 9.06. The van der Waals surface area contributed by atoms with Crippen molar-refractivity contribution in [2.75, 3.05) is 25.5 Å². The number of ether oxygens (including phenoxy) is 1. The van der Waals surface area contributed by atoms with Gasteiger partial charge in [-0.3, -0.25) is 4.79 Å². The number of aliphatic hydroxyl groups excluding tert-OH is 1. The van der Waals surface area contributed by atoms with E-state index in [0.717, 1.165) is 17.0 Å². The molecule has 0 bridgehead atoms. The molecule has 1 unspecified atom stereocenters. The van der Waals surface area contributed by atoms with Gasteiger partial charge in [-0.15, -0.1) is 0 Å². The fraction of sp³-hybridized carbons (Fsp3) is 0.174. The molecule has 0 saturated carbocycles. The first-order valence-corrected chi connectivity index (χ1v) is 9.09. The first-order chi connectivity index (χ1) is 13.5. The highest BCUT2D eigenvalue weighted by Crippen LogP contribution is 2.21. The molecule has 0 aliphatic heterocycles. The van der Waals surface area contributed by atoms with Gasteiger partial charge in [-0.2, -0.15) is 0 Å². The molecule has 144 valence electrons. The maximum atomic E-state index is 12.3. The topological polar surface area (TPSA) is 61.8 Å². The van der Waals surface area contributed by atoms with Gasteiger partial charge < -0.3 is 20.1 Å². The van der Waals surface area contributed by atoms with Gasteiger partial charge >= 0.3 is 0 Å². The van der Waals surface area contributed by atoms with Gasteiger partial charge in [0.05, 0.1) is 6.10 Å². The fourth-order valence-corrected chi connectivity index (χ4v) is 2.70. The van der Waals surface area contributed by atoms with Crippen LogP contribution in [0.15, 0.2) is 78.9 Å². The number of carbonyl (C=O) groups excluding carboxylic acids is 1. The number of rotatable bonds is 7. The fourth-order valence-electron chi connectivity index (χ4n) is 2.70. The normalized spacial score (nSPS) is 11.5.